The smallest absolute Gasteiger partial charge is 0.339 e. The number of hydrogen-bond acceptors (Lipinski definition) is 3. The van der Waals surface area contributed by atoms with E-state index in [-0.39, 0.29) is 5.56 Å². The molecule has 1 aromatic heterocycles. The van der Waals surface area contributed by atoms with Gasteiger partial charge in [-0.15, -0.1) is 0 Å². The molecule has 2 aromatic rings. The monoisotopic (exact) mass is 266 g/mol. The summed E-state index contributed by atoms with van der Waals surface area (Å²) >= 11 is 5.74. The molecule has 0 amide bonds. The molecule has 0 saturated carbocycles. The zero-order valence-corrected chi connectivity index (χ0v) is 10.2. The molecule has 6 heteroatoms. The summed E-state index contributed by atoms with van der Waals surface area (Å²) in [6, 6.07) is 4.52. The summed E-state index contributed by atoms with van der Waals surface area (Å²) < 4.78 is 7.28. The van der Waals surface area contributed by atoms with Gasteiger partial charge in [0.2, 0.25) is 0 Å². The minimum atomic E-state index is -1.06. The Morgan fingerprint density at radius 1 is 1.50 bits per heavy atom. The van der Waals surface area contributed by atoms with Gasteiger partial charge >= 0.3 is 5.97 Å². The maximum absolute atomic E-state index is 11.0. The van der Waals surface area contributed by atoms with Gasteiger partial charge in [0.25, 0.3) is 0 Å². The lowest BCUT2D eigenvalue weighted by atomic mass is 10.2. The highest BCUT2D eigenvalue weighted by Gasteiger charge is 2.11. The lowest BCUT2D eigenvalue weighted by Gasteiger charge is -2.09. The van der Waals surface area contributed by atoms with Crippen LogP contribution < -0.4 is 4.74 Å². The van der Waals surface area contributed by atoms with Gasteiger partial charge in [0, 0.05) is 17.4 Å². The Bertz CT molecular complexity index is 540. The molecule has 1 aromatic carbocycles. The number of benzene rings is 1. The molecule has 0 radical (unpaired) electrons. The van der Waals surface area contributed by atoms with Crippen molar-refractivity contribution in [3.63, 3.8) is 0 Å². The number of ether oxygens (including phenoxy) is 1. The minimum absolute atomic E-state index is 0.0631. The number of aromatic carboxylic acids is 1. The molecule has 0 spiro atoms. The molecular formula is C12H11ClN2O3. The number of carboxylic acids is 1. The first-order valence-electron chi connectivity index (χ1n) is 5.28. The van der Waals surface area contributed by atoms with Crippen molar-refractivity contribution in [1.82, 2.24) is 9.55 Å². The molecule has 0 bridgehead atoms. The van der Waals surface area contributed by atoms with Crippen molar-refractivity contribution < 1.29 is 14.6 Å². The molecule has 0 aliphatic rings. The third-order valence-electron chi connectivity index (χ3n) is 2.34. The topological polar surface area (TPSA) is 64.3 Å². The number of rotatable bonds is 5. The Hall–Kier alpha value is -2.01. The van der Waals surface area contributed by atoms with Crippen molar-refractivity contribution in [1.29, 1.82) is 0 Å². The van der Waals surface area contributed by atoms with Crippen LogP contribution in [0.5, 0.6) is 5.75 Å². The fourth-order valence-electron chi connectivity index (χ4n) is 1.48. The van der Waals surface area contributed by atoms with Crippen LogP contribution in [-0.4, -0.2) is 27.2 Å². The first-order valence-corrected chi connectivity index (χ1v) is 5.66. The molecule has 0 aliphatic heterocycles. The summed E-state index contributed by atoms with van der Waals surface area (Å²) in [6.07, 6.45) is 5.15. The van der Waals surface area contributed by atoms with E-state index >= 15 is 0 Å². The number of imidazole rings is 1. The maximum Gasteiger partial charge on any atom is 0.339 e. The molecule has 2 rings (SSSR count). The predicted molar refractivity (Wildman–Crippen MR) is 66.1 cm³/mol. The summed E-state index contributed by atoms with van der Waals surface area (Å²) in [5.41, 5.74) is 0.0631. The van der Waals surface area contributed by atoms with Crippen LogP contribution in [0.15, 0.2) is 36.9 Å². The van der Waals surface area contributed by atoms with Crippen molar-refractivity contribution in [2.24, 2.45) is 0 Å². The van der Waals surface area contributed by atoms with Crippen LogP contribution in [0.4, 0.5) is 0 Å². The van der Waals surface area contributed by atoms with E-state index in [0.29, 0.717) is 23.9 Å². The van der Waals surface area contributed by atoms with Gasteiger partial charge in [-0.25, -0.2) is 9.78 Å². The first kappa shape index (κ1) is 12.4. The second-order valence-electron chi connectivity index (χ2n) is 3.59. The van der Waals surface area contributed by atoms with Crippen LogP contribution in [0, 0.1) is 0 Å². The van der Waals surface area contributed by atoms with E-state index in [4.69, 9.17) is 21.4 Å². The van der Waals surface area contributed by atoms with Gasteiger partial charge < -0.3 is 14.4 Å². The predicted octanol–water partition coefficient (Wildman–Crippen LogP) is 2.31. The van der Waals surface area contributed by atoms with Gasteiger partial charge in [-0.3, -0.25) is 0 Å². The van der Waals surface area contributed by atoms with Crippen molar-refractivity contribution in [2.75, 3.05) is 6.61 Å². The molecule has 0 atom stereocenters. The standard InChI is InChI=1S/C12H11ClN2O3/c13-9-1-2-11(10(7-9)12(16)17)18-6-5-15-4-3-14-8-15/h1-4,7-8H,5-6H2,(H,16,17). The molecule has 0 saturated heterocycles. The molecule has 0 aliphatic carbocycles. The molecule has 0 fully saturated rings. The van der Waals surface area contributed by atoms with Crippen molar-refractivity contribution in [3.8, 4) is 5.75 Å². The Morgan fingerprint density at radius 2 is 2.33 bits per heavy atom. The van der Waals surface area contributed by atoms with Crippen LogP contribution in [0.3, 0.4) is 0 Å². The van der Waals surface area contributed by atoms with Crippen molar-refractivity contribution in [3.05, 3.63) is 47.5 Å². The Kier molecular flexibility index (Phi) is 3.84. The zero-order valence-electron chi connectivity index (χ0n) is 9.41. The van der Waals surface area contributed by atoms with E-state index in [1.807, 2.05) is 10.8 Å². The van der Waals surface area contributed by atoms with Gasteiger partial charge in [-0.2, -0.15) is 0 Å². The van der Waals surface area contributed by atoms with Crippen LogP contribution in [0.1, 0.15) is 10.4 Å². The maximum atomic E-state index is 11.0. The summed E-state index contributed by atoms with van der Waals surface area (Å²) in [6.45, 7) is 0.958. The summed E-state index contributed by atoms with van der Waals surface area (Å²) in [7, 11) is 0. The summed E-state index contributed by atoms with van der Waals surface area (Å²) in [5, 5.41) is 9.39. The lowest BCUT2D eigenvalue weighted by molar-refractivity contribution is 0.0692. The van der Waals surface area contributed by atoms with Gasteiger partial charge in [-0.05, 0) is 18.2 Å². The van der Waals surface area contributed by atoms with E-state index < -0.39 is 5.97 Å². The molecule has 94 valence electrons. The highest BCUT2D eigenvalue weighted by molar-refractivity contribution is 6.31. The van der Waals surface area contributed by atoms with Gasteiger partial charge in [-0.1, -0.05) is 11.6 Å². The number of carbonyl (C=O) groups is 1. The summed E-state index contributed by atoms with van der Waals surface area (Å²) in [5.74, 6) is -0.748. The SMILES string of the molecule is O=C(O)c1cc(Cl)ccc1OCCn1ccnc1. The van der Waals surface area contributed by atoms with Crippen LogP contribution >= 0.6 is 11.6 Å². The fraction of sp³-hybridized carbons (Fsp3) is 0.167. The molecule has 5 nitrogen and oxygen atoms in total. The van der Waals surface area contributed by atoms with Gasteiger partial charge in [0.05, 0.1) is 12.9 Å². The van der Waals surface area contributed by atoms with E-state index in [1.54, 1.807) is 24.7 Å². The highest BCUT2D eigenvalue weighted by Crippen LogP contribution is 2.22. The fourth-order valence-corrected chi connectivity index (χ4v) is 1.65. The molecule has 1 N–H and O–H groups in total. The van der Waals surface area contributed by atoms with E-state index in [9.17, 15) is 4.79 Å². The van der Waals surface area contributed by atoms with Crippen molar-refractivity contribution >= 4 is 17.6 Å². The number of carboxylic acid groups (broad SMARTS) is 1. The quantitative estimate of drug-likeness (QED) is 0.902. The average molecular weight is 267 g/mol. The first-order chi connectivity index (χ1) is 8.66. The number of aromatic nitrogens is 2. The summed E-state index contributed by atoms with van der Waals surface area (Å²) in [4.78, 5) is 14.9. The second kappa shape index (κ2) is 5.55. The van der Waals surface area contributed by atoms with E-state index in [0.717, 1.165) is 0 Å². The minimum Gasteiger partial charge on any atom is -0.491 e. The average Bonchev–Trinajstić information content (AvgIpc) is 2.84. The normalized spacial score (nSPS) is 10.3. The Balaban J connectivity index is 2.02. The van der Waals surface area contributed by atoms with E-state index in [2.05, 4.69) is 4.98 Å². The molecule has 1 heterocycles. The molecular weight excluding hydrogens is 256 g/mol. The van der Waals surface area contributed by atoms with E-state index in [1.165, 1.54) is 6.07 Å². The van der Waals surface area contributed by atoms with Crippen LogP contribution in [0.25, 0.3) is 0 Å². The Labute approximate surface area is 109 Å². The number of nitrogens with zero attached hydrogens (tertiary/aromatic N) is 2. The Morgan fingerprint density at radius 3 is 3.00 bits per heavy atom. The van der Waals surface area contributed by atoms with Crippen LogP contribution in [-0.2, 0) is 6.54 Å². The zero-order chi connectivity index (χ0) is 13.0. The van der Waals surface area contributed by atoms with Gasteiger partial charge in [0.15, 0.2) is 0 Å². The molecule has 18 heavy (non-hydrogen) atoms. The van der Waals surface area contributed by atoms with Gasteiger partial charge in [0.1, 0.15) is 17.9 Å². The second-order valence-corrected chi connectivity index (χ2v) is 4.03. The highest BCUT2D eigenvalue weighted by atomic mass is 35.5. The third-order valence-corrected chi connectivity index (χ3v) is 2.57. The molecule has 0 unspecified atom stereocenters. The lowest BCUT2D eigenvalue weighted by Crippen LogP contribution is -2.09. The third kappa shape index (κ3) is 3.01. The van der Waals surface area contributed by atoms with Crippen molar-refractivity contribution in [2.45, 2.75) is 6.54 Å². The van der Waals surface area contributed by atoms with Crippen LogP contribution in [0.2, 0.25) is 5.02 Å². The number of hydrogen-bond donors (Lipinski definition) is 1. The number of halogens is 1. The largest absolute Gasteiger partial charge is 0.491 e.